The molecule has 52 heavy (non-hydrogen) atoms. The fraction of sp³-hybridized carbons (Fsp3) is 0.342. The number of para-hydroxylation sites is 1. The Balaban J connectivity index is 1.26. The Morgan fingerprint density at radius 3 is 2.31 bits per heavy atom. The van der Waals surface area contributed by atoms with Crippen LogP contribution in [-0.4, -0.2) is 94.9 Å². The van der Waals surface area contributed by atoms with E-state index in [4.69, 9.17) is 9.47 Å². The van der Waals surface area contributed by atoms with E-state index in [0.29, 0.717) is 75.8 Å². The highest BCUT2D eigenvalue weighted by atomic mass is 32.2. The van der Waals surface area contributed by atoms with Crippen LogP contribution in [0.5, 0.6) is 11.5 Å². The van der Waals surface area contributed by atoms with Crippen LogP contribution in [0.3, 0.4) is 0 Å². The van der Waals surface area contributed by atoms with E-state index in [1.165, 1.54) is 21.4 Å². The van der Waals surface area contributed by atoms with Crippen molar-refractivity contribution in [3.63, 3.8) is 0 Å². The average Bonchev–Trinajstić information content (AvgIpc) is 3.75. The first-order chi connectivity index (χ1) is 25.3. The number of hydrogen-bond donors (Lipinski definition) is 1. The molecule has 2 aromatic heterocycles. The number of piperidine rings is 1. The molecular weight excluding hydrogens is 683 g/mol. The topological polar surface area (TPSA) is 133 Å². The van der Waals surface area contributed by atoms with Crippen LogP contribution < -0.4 is 20.5 Å². The number of aryl methyl sites for hydroxylation is 1. The summed E-state index contributed by atoms with van der Waals surface area (Å²) in [5.41, 5.74) is 1.89. The van der Waals surface area contributed by atoms with Gasteiger partial charge in [0.15, 0.2) is 0 Å². The van der Waals surface area contributed by atoms with Gasteiger partial charge in [-0.05, 0) is 42.7 Å². The summed E-state index contributed by atoms with van der Waals surface area (Å²) in [6.07, 6.45) is 3.94. The van der Waals surface area contributed by atoms with Crippen molar-refractivity contribution in [2.45, 2.75) is 30.3 Å². The Labute approximate surface area is 303 Å². The molecule has 0 aliphatic carbocycles. The highest BCUT2D eigenvalue weighted by molar-refractivity contribution is 7.89. The van der Waals surface area contributed by atoms with E-state index in [1.54, 1.807) is 21.1 Å². The first-order valence-corrected chi connectivity index (χ1v) is 19.0. The molecule has 1 N–H and O–H groups in total. The van der Waals surface area contributed by atoms with Gasteiger partial charge in [0.25, 0.3) is 5.91 Å². The summed E-state index contributed by atoms with van der Waals surface area (Å²) < 4.78 is 45.4. The lowest BCUT2D eigenvalue weighted by molar-refractivity contribution is 0.0725. The van der Waals surface area contributed by atoms with Gasteiger partial charge in [-0.1, -0.05) is 60.7 Å². The van der Waals surface area contributed by atoms with Gasteiger partial charge in [-0.2, -0.15) is 9.40 Å². The van der Waals surface area contributed by atoms with Crippen LogP contribution in [0.4, 0.5) is 0 Å². The highest BCUT2D eigenvalue weighted by Gasteiger charge is 2.37. The van der Waals surface area contributed by atoms with Crippen LogP contribution >= 0.6 is 0 Å². The van der Waals surface area contributed by atoms with E-state index < -0.39 is 16.1 Å². The van der Waals surface area contributed by atoms with Gasteiger partial charge in [0.2, 0.25) is 10.0 Å². The zero-order valence-electron chi connectivity index (χ0n) is 29.1. The first-order valence-electron chi connectivity index (χ1n) is 17.6. The molecule has 1 amide bonds. The van der Waals surface area contributed by atoms with E-state index >= 15 is 0 Å². The lowest BCUT2D eigenvalue weighted by atomic mass is 10.0. The predicted molar refractivity (Wildman–Crippen MR) is 196 cm³/mol. The number of rotatable bonds is 12. The molecule has 2 aliphatic rings. The lowest BCUT2D eigenvalue weighted by Gasteiger charge is -2.33. The standard InChI is InChI=1S/C38H43N7O6S/c1-41-28-34(25-40-41)52(48,49)43-19-9-13-31(27-43)45-35(30-11-4-2-5-12-30)36(37(46)42-20-17-39-18-21-42)44(38(45)47)26-29-10-8-16-33(24-29)51-23-22-50-32-14-6-3-7-15-32/h2-8,10-12,14-16,24-25,28,31,39H,9,13,17-23,26-27H2,1H3. The number of nitrogens with zero attached hydrogens (tertiary/aromatic N) is 6. The van der Waals surface area contributed by atoms with Crippen molar-refractivity contribution < 1.29 is 22.7 Å². The molecule has 0 radical (unpaired) electrons. The average molecular weight is 726 g/mol. The molecule has 0 spiro atoms. The Bertz CT molecular complexity index is 2160. The molecule has 14 heteroatoms. The number of piperazine rings is 1. The quantitative estimate of drug-likeness (QED) is 0.193. The molecule has 5 aromatic rings. The zero-order chi connectivity index (χ0) is 36.1. The van der Waals surface area contributed by atoms with E-state index in [-0.39, 0.29) is 35.3 Å². The number of amides is 1. The minimum absolute atomic E-state index is 0.0800. The maximum absolute atomic E-state index is 14.8. The number of carbonyl (C=O) groups is 1. The van der Waals surface area contributed by atoms with Gasteiger partial charge in [0.05, 0.1) is 24.5 Å². The predicted octanol–water partition coefficient (Wildman–Crippen LogP) is 3.63. The molecule has 3 aromatic carbocycles. The maximum atomic E-state index is 14.8. The zero-order valence-corrected chi connectivity index (χ0v) is 30.0. The second-order valence-corrected chi connectivity index (χ2v) is 14.9. The summed E-state index contributed by atoms with van der Waals surface area (Å²) in [6.45, 7) is 3.48. The fourth-order valence-electron chi connectivity index (χ4n) is 6.94. The normalized spacial score (nSPS) is 16.9. The van der Waals surface area contributed by atoms with Crippen molar-refractivity contribution in [3.8, 4) is 22.8 Å². The second-order valence-electron chi connectivity index (χ2n) is 13.0. The minimum atomic E-state index is -3.87. The van der Waals surface area contributed by atoms with Gasteiger partial charge in [0.1, 0.15) is 35.3 Å². The van der Waals surface area contributed by atoms with E-state index in [1.807, 2.05) is 84.9 Å². The summed E-state index contributed by atoms with van der Waals surface area (Å²) in [5, 5.41) is 7.37. The number of nitrogens with one attached hydrogen (secondary N) is 1. The van der Waals surface area contributed by atoms with Crippen molar-refractivity contribution in [3.05, 3.63) is 119 Å². The highest BCUT2D eigenvalue weighted by Crippen LogP contribution is 2.33. The largest absolute Gasteiger partial charge is 0.490 e. The molecule has 1 atom stereocenters. The van der Waals surface area contributed by atoms with Gasteiger partial charge in [-0.3, -0.25) is 18.6 Å². The van der Waals surface area contributed by atoms with Crippen molar-refractivity contribution >= 4 is 15.9 Å². The van der Waals surface area contributed by atoms with Crippen LogP contribution in [0.15, 0.2) is 107 Å². The smallest absolute Gasteiger partial charge is 0.329 e. The van der Waals surface area contributed by atoms with Crippen LogP contribution in [0.1, 0.15) is 34.9 Å². The van der Waals surface area contributed by atoms with Gasteiger partial charge in [-0.15, -0.1) is 0 Å². The number of ether oxygens (including phenoxy) is 2. The van der Waals surface area contributed by atoms with E-state index in [2.05, 4.69) is 10.4 Å². The molecule has 2 fully saturated rings. The number of imidazole rings is 1. The van der Waals surface area contributed by atoms with Crippen LogP contribution in [0.25, 0.3) is 11.3 Å². The first kappa shape index (κ1) is 35.2. The van der Waals surface area contributed by atoms with Crippen LogP contribution in [0.2, 0.25) is 0 Å². The summed E-state index contributed by atoms with van der Waals surface area (Å²) in [5.74, 6) is 1.14. The maximum Gasteiger partial charge on any atom is 0.329 e. The lowest BCUT2D eigenvalue weighted by Crippen LogP contribution is -2.47. The minimum Gasteiger partial charge on any atom is -0.490 e. The Morgan fingerprint density at radius 1 is 0.904 bits per heavy atom. The molecule has 7 rings (SSSR count). The van der Waals surface area contributed by atoms with Crippen LogP contribution in [-0.2, 0) is 23.6 Å². The van der Waals surface area contributed by atoms with Crippen molar-refractivity contribution in [2.75, 3.05) is 52.5 Å². The van der Waals surface area contributed by atoms with Crippen molar-refractivity contribution in [1.29, 1.82) is 0 Å². The molecule has 4 heterocycles. The fourth-order valence-corrected chi connectivity index (χ4v) is 8.44. The van der Waals surface area contributed by atoms with Gasteiger partial charge in [-0.25, -0.2) is 13.2 Å². The monoisotopic (exact) mass is 725 g/mol. The Kier molecular flexibility index (Phi) is 10.6. The molecule has 13 nitrogen and oxygen atoms in total. The molecule has 2 aliphatic heterocycles. The van der Waals surface area contributed by atoms with E-state index in [9.17, 15) is 18.0 Å². The third-order valence-corrected chi connectivity index (χ3v) is 11.3. The number of aromatic nitrogens is 4. The van der Waals surface area contributed by atoms with Crippen LogP contribution in [0, 0.1) is 0 Å². The third-order valence-electron chi connectivity index (χ3n) is 9.47. The number of benzene rings is 3. The van der Waals surface area contributed by atoms with Gasteiger partial charge >= 0.3 is 5.69 Å². The molecule has 272 valence electrons. The summed E-state index contributed by atoms with van der Waals surface area (Å²) in [6, 6.07) is 25.9. The molecule has 0 saturated carbocycles. The number of carbonyl (C=O) groups excluding carboxylic acids is 1. The third kappa shape index (κ3) is 7.54. The molecular formula is C38H43N7O6S. The number of sulfonamides is 1. The van der Waals surface area contributed by atoms with Gasteiger partial charge < -0.3 is 19.7 Å². The van der Waals surface area contributed by atoms with Gasteiger partial charge in [0, 0.05) is 58.1 Å². The second kappa shape index (κ2) is 15.6. The number of hydrogen-bond acceptors (Lipinski definition) is 8. The summed E-state index contributed by atoms with van der Waals surface area (Å²) in [7, 11) is -2.19. The Hall–Kier alpha value is -5.18. The van der Waals surface area contributed by atoms with E-state index in [0.717, 1.165) is 11.3 Å². The van der Waals surface area contributed by atoms with Crippen molar-refractivity contribution in [2.24, 2.45) is 7.05 Å². The molecule has 2 saturated heterocycles. The summed E-state index contributed by atoms with van der Waals surface area (Å²) in [4.78, 5) is 31.3. The van der Waals surface area contributed by atoms with Crippen molar-refractivity contribution in [1.82, 2.24) is 33.4 Å². The summed E-state index contributed by atoms with van der Waals surface area (Å²) >= 11 is 0. The molecule has 0 bridgehead atoms. The Morgan fingerprint density at radius 2 is 1.60 bits per heavy atom. The molecule has 1 unspecified atom stereocenters. The SMILES string of the molecule is Cn1cc(S(=O)(=O)N2CCCC(n3c(-c4ccccc4)c(C(=O)N4CCNCC4)n(Cc4cccc(OCCOc5ccccc5)c4)c3=O)C2)cn1.